The van der Waals surface area contributed by atoms with E-state index in [9.17, 15) is 9.59 Å². The van der Waals surface area contributed by atoms with E-state index in [0.717, 1.165) is 0 Å². The molecule has 0 saturated heterocycles. The van der Waals surface area contributed by atoms with Gasteiger partial charge in [0.25, 0.3) is 5.91 Å². The average molecular weight is 339 g/mol. The van der Waals surface area contributed by atoms with E-state index in [0.29, 0.717) is 28.3 Å². The Morgan fingerprint density at radius 1 is 1.08 bits per heavy atom. The highest BCUT2D eigenvalue weighted by Crippen LogP contribution is 2.34. The zero-order chi connectivity index (χ0) is 17.8. The molecule has 0 aromatic heterocycles. The van der Waals surface area contributed by atoms with Gasteiger partial charge in [-0.1, -0.05) is 18.2 Å². The number of rotatable bonds is 4. The molecule has 0 atom stereocenters. The van der Waals surface area contributed by atoms with Gasteiger partial charge in [-0.25, -0.2) is 4.79 Å². The number of benzene rings is 2. The van der Waals surface area contributed by atoms with Crippen molar-refractivity contribution in [3.8, 4) is 11.5 Å². The van der Waals surface area contributed by atoms with Crippen molar-refractivity contribution in [1.29, 1.82) is 0 Å². The van der Waals surface area contributed by atoms with Crippen molar-refractivity contribution in [3.63, 3.8) is 0 Å². The third kappa shape index (κ3) is 3.33. The fourth-order valence-electron chi connectivity index (χ4n) is 2.56. The summed E-state index contributed by atoms with van der Waals surface area (Å²) in [5, 5.41) is 2.73. The summed E-state index contributed by atoms with van der Waals surface area (Å²) in [6.07, 6.45) is 1.73. The zero-order valence-electron chi connectivity index (χ0n) is 13.9. The predicted octanol–water partition coefficient (Wildman–Crippen LogP) is 2.90. The van der Waals surface area contributed by atoms with E-state index in [1.54, 1.807) is 43.5 Å². The maximum atomic E-state index is 12.6. The van der Waals surface area contributed by atoms with Gasteiger partial charge in [0.2, 0.25) is 0 Å². The molecule has 1 amide bonds. The summed E-state index contributed by atoms with van der Waals surface area (Å²) in [7, 11) is 2.85. The Labute approximate surface area is 145 Å². The van der Waals surface area contributed by atoms with E-state index in [1.807, 2.05) is 12.1 Å². The number of anilines is 1. The first-order chi connectivity index (χ1) is 12.1. The molecule has 6 nitrogen and oxygen atoms in total. The molecule has 1 heterocycles. The number of carbonyl (C=O) groups is 2. The van der Waals surface area contributed by atoms with Gasteiger partial charge in [0.15, 0.2) is 0 Å². The molecular weight excluding hydrogens is 322 g/mol. The quantitative estimate of drug-likeness (QED) is 0.867. The molecule has 6 heteroatoms. The van der Waals surface area contributed by atoms with E-state index in [1.165, 1.54) is 7.11 Å². The van der Waals surface area contributed by atoms with Crippen LogP contribution in [0.4, 0.5) is 5.69 Å². The van der Waals surface area contributed by atoms with Gasteiger partial charge >= 0.3 is 5.97 Å². The van der Waals surface area contributed by atoms with Crippen LogP contribution in [-0.2, 0) is 9.53 Å². The maximum Gasteiger partial charge on any atom is 0.339 e. The Kier molecular flexibility index (Phi) is 4.70. The van der Waals surface area contributed by atoms with Gasteiger partial charge in [0.05, 0.1) is 36.6 Å². The Morgan fingerprint density at radius 3 is 2.64 bits per heavy atom. The molecule has 3 rings (SSSR count). The van der Waals surface area contributed by atoms with E-state index in [4.69, 9.17) is 14.2 Å². The van der Waals surface area contributed by atoms with Crippen molar-refractivity contribution in [2.45, 2.75) is 0 Å². The van der Waals surface area contributed by atoms with E-state index in [2.05, 4.69) is 5.32 Å². The molecule has 0 saturated carbocycles. The summed E-state index contributed by atoms with van der Waals surface area (Å²) in [5.41, 5.74) is 1.80. The minimum Gasteiger partial charge on any atom is -0.496 e. The molecule has 0 radical (unpaired) electrons. The van der Waals surface area contributed by atoms with Crippen LogP contribution < -0.4 is 14.8 Å². The number of nitrogens with one attached hydrogen (secondary N) is 1. The lowest BCUT2D eigenvalue weighted by molar-refractivity contribution is -0.113. The summed E-state index contributed by atoms with van der Waals surface area (Å²) in [6.45, 7) is 0.131. The van der Waals surface area contributed by atoms with Crippen LogP contribution in [-0.4, -0.2) is 32.7 Å². The lowest BCUT2D eigenvalue weighted by Gasteiger charge is -2.19. The van der Waals surface area contributed by atoms with Gasteiger partial charge in [0.1, 0.15) is 18.1 Å². The number of hydrogen-bond acceptors (Lipinski definition) is 5. The molecule has 2 aromatic rings. The number of amides is 1. The molecule has 1 aliphatic heterocycles. The largest absolute Gasteiger partial charge is 0.496 e. The highest BCUT2D eigenvalue weighted by Gasteiger charge is 2.21. The van der Waals surface area contributed by atoms with E-state index >= 15 is 0 Å². The zero-order valence-corrected chi connectivity index (χ0v) is 13.9. The van der Waals surface area contributed by atoms with E-state index in [-0.39, 0.29) is 18.1 Å². The maximum absolute atomic E-state index is 12.6. The number of fused-ring (bicyclic) bond motifs is 1. The van der Waals surface area contributed by atoms with Crippen molar-refractivity contribution in [2.24, 2.45) is 0 Å². The lowest BCUT2D eigenvalue weighted by Crippen LogP contribution is -2.22. The van der Waals surface area contributed by atoms with Crippen LogP contribution in [0.1, 0.15) is 15.9 Å². The summed E-state index contributed by atoms with van der Waals surface area (Å²) >= 11 is 0. The van der Waals surface area contributed by atoms with Crippen LogP contribution >= 0.6 is 0 Å². The third-order valence-electron chi connectivity index (χ3n) is 3.82. The molecule has 0 spiro atoms. The molecule has 0 aliphatic carbocycles. The standard InChI is InChI=1S/C19H17NO5/c1-23-16-8-5-9-17-14(16)10-12(11-25-17)18(21)20-15-7-4-3-6-13(15)19(22)24-2/h3-10H,11H2,1-2H3,(H,20,21). The Hall–Kier alpha value is -3.28. The van der Waals surface area contributed by atoms with Gasteiger partial charge in [0, 0.05) is 0 Å². The number of esters is 1. The topological polar surface area (TPSA) is 73.9 Å². The van der Waals surface area contributed by atoms with Crippen molar-refractivity contribution >= 4 is 23.6 Å². The monoisotopic (exact) mass is 339 g/mol. The van der Waals surface area contributed by atoms with Crippen LogP contribution in [0.2, 0.25) is 0 Å². The summed E-state index contributed by atoms with van der Waals surface area (Å²) in [4.78, 5) is 24.4. The van der Waals surface area contributed by atoms with Gasteiger partial charge in [-0.2, -0.15) is 0 Å². The molecule has 0 unspecified atom stereocenters. The van der Waals surface area contributed by atoms with Crippen LogP contribution in [0.3, 0.4) is 0 Å². The molecule has 2 aromatic carbocycles. The summed E-state index contributed by atoms with van der Waals surface area (Å²) in [6, 6.07) is 12.1. The molecular formula is C19H17NO5. The highest BCUT2D eigenvalue weighted by molar-refractivity contribution is 6.10. The van der Waals surface area contributed by atoms with Crippen LogP contribution in [0.15, 0.2) is 48.0 Å². The van der Waals surface area contributed by atoms with Gasteiger partial charge in [-0.3, -0.25) is 4.79 Å². The average Bonchev–Trinajstić information content (AvgIpc) is 2.66. The first-order valence-corrected chi connectivity index (χ1v) is 7.63. The fourth-order valence-corrected chi connectivity index (χ4v) is 2.56. The first-order valence-electron chi connectivity index (χ1n) is 7.63. The van der Waals surface area contributed by atoms with Gasteiger partial charge in [-0.15, -0.1) is 0 Å². The van der Waals surface area contributed by atoms with Gasteiger partial charge < -0.3 is 19.5 Å². The minimum atomic E-state index is -0.517. The minimum absolute atomic E-state index is 0.131. The number of methoxy groups -OCH3 is 2. The predicted molar refractivity (Wildman–Crippen MR) is 92.9 cm³/mol. The molecule has 0 bridgehead atoms. The summed E-state index contributed by atoms with van der Waals surface area (Å²) in [5.74, 6) is 0.410. The van der Waals surface area contributed by atoms with E-state index < -0.39 is 5.97 Å². The molecule has 128 valence electrons. The lowest BCUT2D eigenvalue weighted by atomic mass is 10.1. The molecule has 0 fully saturated rings. The molecule has 1 aliphatic rings. The molecule has 25 heavy (non-hydrogen) atoms. The van der Waals surface area contributed by atoms with Crippen molar-refractivity contribution in [3.05, 3.63) is 59.2 Å². The Balaban J connectivity index is 1.88. The fraction of sp³-hybridized carbons (Fsp3) is 0.158. The highest BCUT2D eigenvalue weighted by atomic mass is 16.5. The van der Waals surface area contributed by atoms with Crippen molar-refractivity contribution in [1.82, 2.24) is 0 Å². The van der Waals surface area contributed by atoms with Gasteiger partial charge in [-0.05, 0) is 30.3 Å². The van der Waals surface area contributed by atoms with Crippen LogP contribution in [0, 0.1) is 0 Å². The number of hydrogen-bond donors (Lipinski definition) is 1. The van der Waals surface area contributed by atoms with Crippen molar-refractivity contribution in [2.75, 3.05) is 26.1 Å². The number of para-hydroxylation sites is 1. The molecule has 1 N–H and O–H groups in total. The third-order valence-corrected chi connectivity index (χ3v) is 3.82. The second-order valence-corrected chi connectivity index (χ2v) is 5.32. The SMILES string of the molecule is COC(=O)c1ccccc1NC(=O)C1=Cc2c(OC)cccc2OC1. The second kappa shape index (κ2) is 7.09. The van der Waals surface area contributed by atoms with Crippen LogP contribution in [0.25, 0.3) is 6.08 Å². The number of carbonyl (C=O) groups excluding carboxylic acids is 2. The van der Waals surface area contributed by atoms with Crippen molar-refractivity contribution < 1.29 is 23.8 Å². The number of ether oxygens (including phenoxy) is 3. The Morgan fingerprint density at radius 2 is 1.88 bits per heavy atom. The summed E-state index contributed by atoms with van der Waals surface area (Å²) < 4.78 is 15.7. The van der Waals surface area contributed by atoms with Crippen LogP contribution in [0.5, 0.6) is 11.5 Å². The normalized spacial score (nSPS) is 12.3. The first kappa shape index (κ1) is 16.6. The smallest absolute Gasteiger partial charge is 0.339 e. The Bertz CT molecular complexity index is 857. The second-order valence-electron chi connectivity index (χ2n) is 5.32.